The number of benzene rings is 1. The number of aromatic nitrogens is 3. The maximum Gasteiger partial charge on any atom is 0.142 e. The molecule has 1 heterocycles. The molecule has 0 fully saturated rings. The van der Waals surface area contributed by atoms with E-state index in [-0.39, 0.29) is 11.9 Å². The summed E-state index contributed by atoms with van der Waals surface area (Å²) in [7, 11) is 1.83. The van der Waals surface area contributed by atoms with E-state index in [1.165, 1.54) is 0 Å². The molecule has 0 spiro atoms. The highest BCUT2D eigenvalue weighted by Gasteiger charge is 2.19. The van der Waals surface area contributed by atoms with Gasteiger partial charge in [-0.05, 0) is 35.0 Å². The first-order valence-corrected chi connectivity index (χ1v) is 7.80. The standard InChI is InChI=1S/C15H20BrFN4/c1-10(2)8-21-14(19-9-20-21)7-13(18-3)11-5-4-6-12(16)15(11)17/h4-6,9-10,13,18H,7-8H2,1-3H3. The van der Waals surface area contributed by atoms with Gasteiger partial charge in [0.2, 0.25) is 0 Å². The van der Waals surface area contributed by atoms with Crippen LogP contribution in [0.2, 0.25) is 0 Å². The Morgan fingerprint density at radius 2 is 2.14 bits per heavy atom. The zero-order valence-electron chi connectivity index (χ0n) is 12.5. The van der Waals surface area contributed by atoms with E-state index in [0.29, 0.717) is 22.4 Å². The van der Waals surface area contributed by atoms with Crippen molar-refractivity contribution in [3.8, 4) is 0 Å². The maximum absolute atomic E-state index is 14.2. The van der Waals surface area contributed by atoms with Crippen molar-refractivity contribution in [3.63, 3.8) is 0 Å². The van der Waals surface area contributed by atoms with Crippen molar-refractivity contribution < 1.29 is 4.39 Å². The molecule has 0 amide bonds. The fourth-order valence-corrected chi connectivity index (χ4v) is 2.67. The summed E-state index contributed by atoms with van der Waals surface area (Å²) in [4.78, 5) is 4.31. The monoisotopic (exact) mass is 354 g/mol. The first-order valence-electron chi connectivity index (χ1n) is 7.00. The summed E-state index contributed by atoms with van der Waals surface area (Å²) < 4.78 is 16.6. The van der Waals surface area contributed by atoms with Crippen molar-refractivity contribution in [2.45, 2.75) is 32.9 Å². The quantitative estimate of drug-likeness (QED) is 0.864. The van der Waals surface area contributed by atoms with Crippen LogP contribution in [0.25, 0.3) is 0 Å². The maximum atomic E-state index is 14.2. The summed E-state index contributed by atoms with van der Waals surface area (Å²) in [5, 5.41) is 7.42. The molecule has 0 aliphatic heterocycles. The van der Waals surface area contributed by atoms with Crippen LogP contribution in [0.1, 0.15) is 31.3 Å². The molecule has 2 rings (SSSR count). The van der Waals surface area contributed by atoms with Gasteiger partial charge in [0, 0.05) is 24.6 Å². The van der Waals surface area contributed by atoms with Crippen molar-refractivity contribution in [2.75, 3.05) is 7.05 Å². The molecular weight excluding hydrogens is 335 g/mol. The summed E-state index contributed by atoms with van der Waals surface area (Å²) in [5.41, 5.74) is 0.631. The van der Waals surface area contributed by atoms with E-state index >= 15 is 0 Å². The van der Waals surface area contributed by atoms with Crippen molar-refractivity contribution in [2.24, 2.45) is 5.92 Å². The lowest BCUT2D eigenvalue weighted by Gasteiger charge is -2.18. The molecule has 0 saturated heterocycles. The van der Waals surface area contributed by atoms with Crippen LogP contribution < -0.4 is 5.32 Å². The second-order valence-electron chi connectivity index (χ2n) is 5.44. The van der Waals surface area contributed by atoms with E-state index in [9.17, 15) is 4.39 Å². The van der Waals surface area contributed by atoms with E-state index in [4.69, 9.17) is 0 Å². The third-order valence-corrected chi connectivity index (χ3v) is 3.94. The van der Waals surface area contributed by atoms with Crippen molar-refractivity contribution in [1.82, 2.24) is 20.1 Å². The average molecular weight is 355 g/mol. The Balaban J connectivity index is 2.24. The molecule has 0 aliphatic rings. The Labute approximate surface area is 132 Å². The van der Waals surface area contributed by atoms with Gasteiger partial charge in [0.15, 0.2) is 0 Å². The molecule has 1 unspecified atom stereocenters. The minimum Gasteiger partial charge on any atom is -0.313 e. The largest absolute Gasteiger partial charge is 0.313 e. The number of hydrogen-bond donors (Lipinski definition) is 1. The zero-order valence-corrected chi connectivity index (χ0v) is 14.1. The second kappa shape index (κ2) is 7.13. The van der Waals surface area contributed by atoms with Gasteiger partial charge in [-0.2, -0.15) is 5.10 Å². The molecule has 0 radical (unpaired) electrons. The summed E-state index contributed by atoms with van der Waals surface area (Å²) in [6, 6.07) is 5.20. The Morgan fingerprint density at radius 1 is 1.38 bits per heavy atom. The van der Waals surface area contributed by atoms with Crippen molar-refractivity contribution >= 4 is 15.9 Å². The highest BCUT2D eigenvalue weighted by Crippen LogP contribution is 2.25. The van der Waals surface area contributed by atoms with E-state index in [0.717, 1.165) is 12.4 Å². The first kappa shape index (κ1) is 16.1. The van der Waals surface area contributed by atoms with Crippen LogP contribution in [-0.2, 0) is 13.0 Å². The number of halogens is 2. The fraction of sp³-hybridized carbons (Fsp3) is 0.467. The summed E-state index contributed by atoms with van der Waals surface area (Å²) >= 11 is 3.23. The van der Waals surface area contributed by atoms with Crippen LogP contribution in [0, 0.1) is 11.7 Å². The third kappa shape index (κ3) is 3.89. The van der Waals surface area contributed by atoms with Gasteiger partial charge in [0.1, 0.15) is 18.0 Å². The zero-order chi connectivity index (χ0) is 15.4. The van der Waals surface area contributed by atoms with Gasteiger partial charge in [0.05, 0.1) is 4.47 Å². The highest BCUT2D eigenvalue weighted by molar-refractivity contribution is 9.10. The molecule has 1 aromatic heterocycles. The summed E-state index contributed by atoms with van der Waals surface area (Å²) in [6.07, 6.45) is 2.15. The van der Waals surface area contributed by atoms with Crippen LogP contribution in [0.15, 0.2) is 29.0 Å². The topological polar surface area (TPSA) is 42.7 Å². The SMILES string of the molecule is CNC(Cc1ncnn1CC(C)C)c1cccc(Br)c1F. The second-order valence-corrected chi connectivity index (χ2v) is 6.29. The predicted octanol–water partition coefficient (Wildman–Crippen LogP) is 3.34. The molecule has 2 aromatic rings. The molecule has 1 aromatic carbocycles. The molecule has 114 valence electrons. The lowest BCUT2D eigenvalue weighted by Crippen LogP contribution is -2.23. The van der Waals surface area contributed by atoms with Crippen LogP contribution in [0.4, 0.5) is 4.39 Å². The summed E-state index contributed by atoms with van der Waals surface area (Å²) in [6.45, 7) is 5.08. The lowest BCUT2D eigenvalue weighted by atomic mass is 10.0. The summed E-state index contributed by atoms with van der Waals surface area (Å²) in [5.74, 6) is 1.12. The van der Waals surface area contributed by atoms with E-state index in [1.54, 1.807) is 18.5 Å². The highest BCUT2D eigenvalue weighted by atomic mass is 79.9. The van der Waals surface area contributed by atoms with Crippen molar-refractivity contribution in [1.29, 1.82) is 0 Å². The van der Waals surface area contributed by atoms with Crippen LogP contribution in [0.3, 0.4) is 0 Å². The first-order chi connectivity index (χ1) is 10.0. The Bertz CT molecular complexity index is 597. The molecule has 1 atom stereocenters. The minimum absolute atomic E-state index is 0.141. The molecule has 0 saturated carbocycles. The number of nitrogens with zero attached hydrogens (tertiary/aromatic N) is 3. The fourth-order valence-electron chi connectivity index (χ4n) is 2.28. The van der Waals surface area contributed by atoms with Crippen molar-refractivity contribution in [3.05, 3.63) is 46.2 Å². The van der Waals surface area contributed by atoms with E-state index in [2.05, 4.69) is 45.2 Å². The normalized spacial score (nSPS) is 12.9. The third-order valence-electron chi connectivity index (χ3n) is 3.33. The number of hydrogen-bond acceptors (Lipinski definition) is 3. The van der Waals surface area contributed by atoms with Gasteiger partial charge in [-0.1, -0.05) is 26.0 Å². The predicted molar refractivity (Wildman–Crippen MR) is 84.5 cm³/mol. The van der Waals surface area contributed by atoms with Crippen LogP contribution in [0.5, 0.6) is 0 Å². The molecule has 21 heavy (non-hydrogen) atoms. The molecule has 0 aliphatic carbocycles. The minimum atomic E-state index is -0.230. The van der Waals surface area contributed by atoms with Gasteiger partial charge in [-0.3, -0.25) is 0 Å². The van der Waals surface area contributed by atoms with E-state index < -0.39 is 0 Å². The Hall–Kier alpha value is -1.27. The Kier molecular flexibility index (Phi) is 5.47. The van der Waals surface area contributed by atoms with Gasteiger partial charge in [0.25, 0.3) is 0 Å². The lowest BCUT2D eigenvalue weighted by molar-refractivity contribution is 0.447. The number of rotatable bonds is 6. The van der Waals surface area contributed by atoms with E-state index in [1.807, 2.05) is 17.8 Å². The molecule has 1 N–H and O–H groups in total. The Morgan fingerprint density at radius 3 is 2.81 bits per heavy atom. The molecule has 6 heteroatoms. The van der Waals surface area contributed by atoms with Crippen LogP contribution >= 0.6 is 15.9 Å². The number of nitrogens with one attached hydrogen (secondary N) is 1. The van der Waals surface area contributed by atoms with Gasteiger partial charge < -0.3 is 5.32 Å². The average Bonchev–Trinajstić information content (AvgIpc) is 2.86. The van der Waals surface area contributed by atoms with Crippen LogP contribution in [-0.4, -0.2) is 21.8 Å². The van der Waals surface area contributed by atoms with Gasteiger partial charge in [-0.25, -0.2) is 14.1 Å². The van der Waals surface area contributed by atoms with Gasteiger partial charge >= 0.3 is 0 Å². The smallest absolute Gasteiger partial charge is 0.142 e. The number of likely N-dealkylation sites (N-methyl/N-ethyl adjacent to an activating group) is 1. The molecular formula is C15H20BrFN4. The molecule has 0 bridgehead atoms. The van der Waals surface area contributed by atoms with Gasteiger partial charge in [-0.15, -0.1) is 0 Å². The molecule has 4 nitrogen and oxygen atoms in total.